The molecule has 164 valence electrons. The average molecular weight is 429 g/mol. The first-order valence-electron chi connectivity index (χ1n) is 10.9. The summed E-state index contributed by atoms with van der Waals surface area (Å²) in [4.78, 5) is 7.06. The second-order valence-electron chi connectivity index (χ2n) is 8.38. The van der Waals surface area contributed by atoms with E-state index in [1.54, 1.807) is 14.2 Å². The monoisotopic (exact) mass is 428 g/mol. The lowest BCUT2D eigenvalue weighted by Gasteiger charge is -2.52. The van der Waals surface area contributed by atoms with Crippen molar-refractivity contribution in [2.45, 2.75) is 24.9 Å². The number of nitriles is 2. The maximum Gasteiger partial charge on any atom is 0.169 e. The molecule has 5 rings (SSSR count). The predicted molar refractivity (Wildman–Crippen MR) is 123 cm³/mol. The van der Waals surface area contributed by atoms with Crippen molar-refractivity contribution in [3.63, 3.8) is 0 Å². The van der Waals surface area contributed by atoms with Gasteiger partial charge in [-0.3, -0.25) is 9.88 Å². The molecule has 0 saturated carbocycles. The van der Waals surface area contributed by atoms with Crippen LogP contribution in [0.25, 0.3) is 10.9 Å². The molecule has 0 aliphatic carbocycles. The highest BCUT2D eigenvalue weighted by Gasteiger charge is 2.43. The van der Waals surface area contributed by atoms with Crippen LogP contribution in [0, 0.1) is 34.5 Å². The van der Waals surface area contributed by atoms with E-state index in [1.165, 1.54) is 6.42 Å². The number of aromatic nitrogens is 1. The molecule has 2 N–H and O–H groups in total. The number of nitrogens with one attached hydrogen (secondary N) is 2. The van der Waals surface area contributed by atoms with Gasteiger partial charge in [0.15, 0.2) is 5.57 Å². The van der Waals surface area contributed by atoms with E-state index in [0.29, 0.717) is 17.7 Å². The number of fused-ring (bicyclic) bond motifs is 4. The number of nitrogens with zero attached hydrogens (tertiary/aromatic N) is 4. The largest absolute Gasteiger partial charge is 0.497 e. The van der Waals surface area contributed by atoms with Crippen molar-refractivity contribution in [2.24, 2.45) is 11.8 Å². The van der Waals surface area contributed by atoms with Gasteiger partial charge in [0.1, 0.15) is 23.7 Å². The number of allylic oxidation sites excluding steroid dienone is 1. The number of hydrogen-bond donors (Lipinski definition) is 2. The summed E-state index contributed by atoms with van der Waals surface area (Å²) >= 11 is 0. The number of rotatable bonds is 7. The van der Waals surface area contributed by atoms with Gasteiger partial charge in [-0.05, 0) is 61.1 Å². The Labute approximate surface area is 189 Å². The number of piperidine rings is 3. The van der Waals surface area contributed by atoms with Gasteiger partial charge in [0.25, 0.3) is 0 Å². The molecule has 4 unspecified atom stereocenters. The maximum atomic E-state index is 9.47. The van der Waals surface area contributed by atoms with Crippen LogP contribution in [0.2, 0.25) is 0 Å². The molecule has 4 heterocycles. The SMILES string of the molecule is C=CC1CN2CCC1CC2[C@@H](NC(NC)=C(C#N)C#N)c1ccnc2ccc(OC)cc12. The number of hydrogen-bond acceptors (Lipinski definition) is 7. The molecule has 2 bridgehead atoms. The average Bonchev–Trinajstić information content (AvgIpc) is 2.86. The van der Waals surface area contributed by atoms with Crippen molar-refractivity contribution in [1.29, 1.82) is 10.5 Å². The van der Waals surface area contributed by atoms with Gasteiger partial charge in [-0.25, -0.2) is 0 Å². The minimum absolute atomic E-state index is 0.0355. The zero-order chi connectivity index (χ0) is 22.7. The lowest BCUT2D eigenvalue weighted by Crippen LogP contribution is -2.57. The van der Waals surface area contributed by atoms with Crippen LogP contribution in [-0.4, -0.2) is 43.2 Å². The fourth-order valence-electron chi connectivity index (χ4n) is 5.21. The van der Waals surface area contributed by atoms with Crippen molar-refractivity contribution in [1.82, 2.24) is 20.5 Å². The highest BCUT2D eigenvalue weighted by atomic mass is 16.5. The Morgan fingerprint density at radius 3 is 2.78 bits per heavy atom. The molecule has 0 spiro atoms. The summed E-state index contributed by atoms with van der Waals surface area (Å²) in [7, 11) is 3.38. The molecule has 0 radical (unpaired) electrons. The Morgan fingerprint density at radius 1 is 1.34 bits per heavy atom. The Balaban J connectivity index is 1.83. The lowest BCUT2D eigenvalue weighted by atomic mass is 9.73. The quantitative estimate of drug-likeness (QED) is 0.516. The summed E-state index contributed by atoms with van der Waals surface area (Å²) in [5.41, 5.74) is 1.99. The minimum Gasteiger partial charge on any atom is -0.497 e. The summed E-state index contributed by atoms with van der Waals surface area (Å²) < 4.78 is 5.48. The van der Waals surface area contributed by atoms with Crippen LogP contribution in [0.5, 0.6) is 5.75 Å². The zero-order valence-electron chi connectivity index (χ0n) is 18.5. The van der Waals surface area contributed by atoms with Gasteiger partial charge in [0, 0.05) is 31.2 Å². The summed E-state index contributed by atoms with van der Waals surface area (Å²) in [5.74, 6) is 2.29. The molecule has 3 aliphatic heterocycles. The van der Waals surface area contributed by atoms with Crippen molar-refractivity contribution in [3.05, 3.63) is 60.1 Å². The van der Waals surface area contributed by atoms with Crippen LogP contribution in [-0.2, 0) is 0 Å². The molecule has 1 aromatic carbocycles. The number of pyridine rings is 1. The van der Waals surface area contributed by atoms with Crippen LogP contribution in [0.15, 0.2) is 54.5 Å². The van der Waals surface area contributed by atoms with Crippen LogP contribution >= 0.6 is 0 Å². The van der Waals surface area contributed by atoms with E-state index in [-0.39, 0.29) is 17.7 Å². The standard InChI is InChI=1S/C25H28N6O/c1-4-16-15-31-10-8-17(16)11-23(31)24(30-25(28-2)18(13-26)14-27)20-7-9-29-22-6-5-19(32-3)12-21(20)22/h4-7,9,12,16-17,23-24,28,30H,1,8,10-11,15H2,2-3H3/t16?,17?,23?,24-/m0/s1. The first-order valence-corrected chi connectivity index (χ1v) is 10.9. The smallest absolute Gasteiger partial charge is 0.169 e. The van der Waals surface area contributed by atoms with Crippen molar-refractivity contribution >= 4 is 10.9 Å². The third-order valence-electron chi connectivity index (χ3n) is 6.88. The van der Waals surface area contributed by atoms with Gasteiger partial charge in [-0.15, -0.1) is 6.58 Å². The Bertz CT molecular complexity index is 1110. The first-order chi connectivity index (χ1) is 15.6. The van der Waals surface area contributed by atoms with Crippen LogP contribution in [0.3, 0.4) is 0 Å². The van der Waals surface area contributed by atoms with Gasteiger partial charge >= 0.3 is 0 Å². The first kappa shape index (κ1) is 21.7. The second-order valence-corrected chi connectivity index (χ2v) is 8.38. The molecular weight excluding hydrogens is 400 g/mol. The molecule has 1 aromatic heterocycles. The molecule has 3 aliphatic rings. The van der Waals surface area contributed by atoms with Crippen LogP contribution < -0.4 is 15.4 Å². The maximum absolute atomic E-state index is 9.47. The summed E-state index contributed by atoms with van der Waals surface area (Å²) in [6.45, 7) is 6.06. The van der Waals surface area contributed by atoms with Gasteiger partial charge in [0.2, 0.25) is 0 Å². The fraction of sp³-hybridized carbons (Fsp3) is 0.400. The molecule has 7 nitrogen and oxygen atoms in total. The number of methoxy groups -OCH3 is 1. The summed E-state index contributed by atoms with van der Waals surface area (Å²) in [6.07, 6.45) is 6.10. The highest BCUT2D eigenvalue weighted by Crippen LogP contribution is 2.42. The molecule has 3 fully saturated rings. The second kappa shape index (κ2) is 9.30. The van der Waals surface area contributed by atoms with E-state index in [0.717, 1.165) is 41.7 Å². The van der Waals surface area contributed by atoms with Crippen LogP contribution in [0.4, 0.5) is 0 Å². The normalized spacial score (nSPS) is 24.6. The third kappa shape index (κ3) is 3.88. The molecule has 5 atom stereocenters. The molecule has 3 saturated heterocycles. The van der Waals surface area contributed by atoms with Gasteiger partial charge in [0.05, 0.1) is 18.7 Å². The van der Waals surface area contributed by atoms with Gasteiger partial charge < -0.3 is 15.4 Å². The number of ether oxygens (including phenoxy) is 1. The van der Waals surface area contributed by atoms with E-state index in [9.17, 15) is 10.5 Å². The van der Waals surface area contributed by atoms with E-state index < -0.39 is 0 Å². The molecule has 2 aromatic rings. The molecule has 0 amide bonds. The Hall–Kier alpha value is -3.55. The van der Waals surface area contributed by atoms with E-state index >= 15 is 0 Å². The summed E-state index contributed by atoms with van der Waals surface area (Å²) in [6, 6.07) is 12.0. The third-order valence-corrected chi connectivity index (χ3v) is 6.88. The Kier molecular flexibility index (Phi) is 6.30. The van der Waals surface area contributed by atoms with Crippen molar-refractivity contribution in [2.75, 3.05) is 27.2 Å². The Morgan fingerprint density at radius 2 is 2.16 bits per heavy atom. The van der Waals surface area contributed by atoms with Gasteiger partial charge in [-0.2, -0.15) is 10.5 Å². The van der Waals surface area contributed by atoms with E-state index in [2.05, 4.69) is 33.2 Å². The van der Waals surface area contributed by atoms with Gasteiger partial charge in [-0.1, -0.05) is 6.08 Å². The van der Waals surface area contributed by atoms with E-state index in [4.69, 9.17) is 4.74 Å². The van der Waals surface area contributed by atoms with E-state index in [1.807, 2.05) is 42.6 Å². The van der Waals surface area contributed by atoms with Crippen molar-refractivity contribution in [3.8, 4) is 17.9 Å². The minimum atomic E-state index is -0.139. The zero-order valence-corrected chi connectivity index (χ0v) is 18.5. The van der Waals surface area contributed by atoms with Crippen molar-refractivity contribution < 1.29 is 4.74 Å². The van der Waals surface area contributed by atoms with Crippen LogP contribution in [0.1, 0.15) is 24.4 Å². The lowest BCUT2D eigenvalue weighted by molar-refractivity contribution is 0.00258. The number of benzene rings is 1. The predicted octanol–water partition coefficient (Wildman–Crippen LogP) is 3.25. The highest BCUT2D eigenvalue weighted by molar-refractivity contribution is 5.84. The fourth-order valence-corrected chi connectivity index (χ4v) is 5.21. The topological polar surface area (TPSA) is 97.0 Å². The molecule has 7 heteroatoms. The molecule has 32 heavy (non-hydrogen) atoms. The summed E-state index contributed by atoms with van der Waals surface area (Å²) in [5, 5.41) is 26.5. The molecular formula is C25H28N6O.